The highest BCUT2D eigenvalue weighted by Crippen LogP contribution is 2.57. The van der Waals surface area contributed by atoms with Crippen LogP contribution in [-0.4, -0.2) is 17.9 Å². The van der Waals surface area contributed by atoms with Crippen molar-refractivity contribution in [2.45, 2.75) is 38.0 Å². The van der Waals surface area contributed by atoms with E-state index in [-0.39, 0.29) is 12.7 Å². The lowest BCUT2D eigenvalue weighted by Crippen LogP contribution is -2.22. The molecular weight excluding hydrogens is 268 g/mol. The fourth-order valence-electron chi connectivity index (χ4n) is 2.77. The zero-order valence-electron chi connectivity index (χ0n) is 10.8. The minimum atomic E-state index is -0.836. The highest BCUT2D eigenvalue weighted by atomic mass is 35.5. The summed E-state index contributed by atoms with van der Waals surface area (Å²) < 4.78 is 10.9. The third kappa shape index (κ3) is 1.70. The smallest absolute Gasteiger partial charge is 0.314 e. The standard InChI is InChI=1S/C14H15ClO4/c1-7(2)10-11(14(3-4-14)13(16)17)8(15)5-9-12(10)19-6-18-9/h5,7H,3-4,6H2,1-2H3,(H,16,17). The van der Waals surface area contributed by atoms with Gasteiger partial charge in [0.1, 0.15) is 0 Å². The van der Waals surface area contributed by atoms with E-state index in [1.807, 2.05) is 13.8 Å². The van der Waals surface area contributed by atoms with E-state index in [9.17, 15) is 9.90 Å². The minimum absolute atomic E-state index is 0.126. The first-order chi connectivity index (χ1) is 8.97. The number of fused-ring (bicyclic) bond motifs is 1. The maximum Gasteiger partial charge on any atom is 0.314 e. The highest BCUT2D eigenvalue weighted by Gasteiger charge is 2.55. The monoisotopic (exact) mass is 282 g/mol. The second kappa shape index (κ2) is 4.04. The first-order valence-corrected chi connectivity index (χ1v) is 6.71. The first kappa shape index (κ1) is 12.6. The Hall–Kier alpha value is -1.42. The van der Waals surface area contributed by atoms with Gasteiger partial charge in [-0.05, 0) is 24.3 Å². The van der Waals surface area contributed by atoms with Crippen molar-refractivity contribution in [3.8, 4) is 11.5 Å². The predicted octanol–water partition coefficient (Wildman–Crippen LogP) is 3.31. The summed E-state index contributed by atoms with van der Waals surface area (Å²) in [6, 6.07) is 1.67. The number of hydrogen-bond acceptors (Lipinski definition) is 3. The molecule has 1 aromatic carbocycles. The van der Waals surface area contributed by atoms with Crippen LogP contribution in [0.1, 0.15) is 43.7 Å². The van der Waals surface area contributed by atoms with Crippen LogP contribution in [0.5, 0.6) is 11.5 Å². The van der Waals surface area contributed by atoms with E-state index in [1.54, 1.807) is 6.07 Å². The lowest BCUT2D eigenvalue weighted by Gasteiger charge is -2.21. The molecule has 0 atom stereocenters. The molecule has 1 aromatic rings. The Balaban J connectivity index is 2.27. The van der Waals surface area contributed by atoms with Crippen molar-refractivity contribution in [1.29, 1.82) is 0 Å². The Morgan fingerprint density at radius 3 is 2.63 bits per heavy atom. The molecular formula is C14H15ClO4. The molecule has 0 unspecified atom stereocenters. The number of carboxylic acids is 1. The van der Waals surface area contributed by atoms with Gasteiger partial charge in [-0.1, -0.05) is 25.4 Å². The average molecular weight is 283 g/mol. The summed E-state index contributed by atoms with van der Waals surface area (Å²) in [5.41, 5.74) is 0.748. The van der Waals surface area contributed by atoms with Gasteiger partial charge in [0.05, 0.1) is 5.41 Å². The molecule has 4 nitrogen and oxygen atoms in total. The molecule has 0 aromatic heterocycles. The maximum atomic E-state index is 11.6. The van der Waals surface area contributed by atoms with Crippen LogP contribution in [0.2, 0.25) is 5.02 Å². The van der Waals surface area contributed by atoms with Gasteiger partial charge in [-0.15, -0.1) is 0 Å². The molecule has 3 rings (SSSR count). The second-order valence-corrected chi connectivity index (χ2v) is 5.83. The van der Waals surface area contributed by atoms with Crippen LogP contribution >= 0.6 is 11.6 Å². The number of carbonyl (C=O) groups is 1. The quantitative estimate of drug-likeness (QED) is 0.924. The number of aliphatic carboxylic acids is 1. The van der Waals surface area contributed by atoms with E-state index in [1.165, 1.54) is 0 Å². The zero-order chi connectivity index (χ0) is 13.8. The normalized spacial score (nSPS) is 18.7. The molecule has 2 aliphatic rings. The van der Waals surface area contributed by atoms with Gasteiger partial charge in [-0.2, -0.15) is 0 Å². The molecule has 102 valence electrons. The molecule has 1 saturated carbocycles. The van der Waals surface area contributed by atoms with Crippen molar-refractivity contribution in [2.75, 3.05) is 6.79 Å². The minimum Gasteiger partial charge on any atom is -0.481 e. The third-order valence-electron chi connectivity index (χ3n) is 3.87. The molecule has 0 amide bonds. The zero-order valence-corrected chi connectivity index (χ0v) is 11.6. The van der Waals surface area contributed by atoms with Gasteiger partial charge in [0.25, 0.3) is 0 Å². The van der Waals surface area contributed by atoms with Crippen LogP contribution in [-0.2, 0) is 10.2 Å². The summed E-state index contributed by atoms with van der Waals surface area (Å²) in [6.07, 6.45) is 1.25. The summed E-state index contributed by atoms with van der Waals surface area (Å²) in [6.45, 7) is 4.18. The van der Waals surface area contributed by atoms with Gasteiger partial charge >= 0.3 is 5.97 Å². The number of ether oxygens (including phenoxy) is 2. The van der Waals surface area contributed by atoms with E-state index in [0.29, 0.717) is 34.9 Å². The van der Waals surface area contributed by atoms with E-state index in [2.05, 4.69) is 0 Å². The molecule has 1 heterocycles. The van der Waals surface area contributed by atoms with Crippen LogP contribution in [0.3, 0.4) is 0 Å². The van der Waals surface area contributed by atoms with Crippen molar-refractivity contribution >= 4 is 17.6 Å². The van der Waals surface area contributed by atoms with Gasteiger partial charge in [-0.3, -0.25) is 4.79 Å². The van der Waals surface area contributed by atoms with Crippen LogP contribution < -0.4 is 9.47 Å². The lowest BCUT2D eigenvalue weighted by molar-refractivity contribution is -0.140. The van der Waals surface area contributed by atoms with Gasteiger partial charge in [-0.25, -0.2) is 0 Å². The summed E-state index contributed by atoms with van der Waals surface area (Å²) in [7, 11) is 0. The largest absolute Gasteiger partial charge is 0.481 e. The number of halogens is 1. The van der Waals surface area contributed by atoms with Crippen molar-refractivity contribution in [2.24, 2.45) is 0 Å². The van der Waals surface area contributed by atoms with Crippen LogP contribution in [0.25, 0.3) is 0 Å². The van der Waals surface area contributed by atoms with Gasteiger partial charge in [0, 0.05) is 16.7 Å². The Morgan fingerprint density at radius 1 is 1.42 bits per heavy atom. The Labute approximate surface area is 116 Å². The Morgan fingerprint density at radius 2 is 2.11 bits per heavy atom. The van der Waals surface area contributed by atoms with E-state index in [4.69, 9.17) is 21.1 Å². The van der Waals surface area contributed by atoms with Crippen molar-refractivity contribution in [3.05, 3.63) is 22.2 Å². The van der Waals surface area contributed by atoms with E-state index >= 15 is 0 Å². The predicted molar refractivity (Wildman–Crippen MR) is 70.2 cm³/mol. The van der Waals surface area contributed by atoms with Gasteiger partial charge < -0.3 is 14.6 Å². The van der Waals surface area contributed by atoms with Crippen LogP contribution in [0, 0.1) is 0 Å². The fraction of sp³-hybridized carbons (Fsp3) is 0.500. The second-order valence-electron chi connectivity index (χ2n) is 5.42. The molecule has 1 fully saturated rings. The maximum absolute atomic E-state index is 11.6. The summed E-state index contributed by atoms with van der Waals surface area (Å²) in [4.78, 5) is 11.6. The summed E-state index contributed by atoms with van der Waals surface area (Å²) in [5.74, 6) is 0.580. The summed E-state index contributed by atoms with van der Waals surface area (Å²) in [5, 5.41) is 9.97. The third-order valence-corrected chi connectivity index (χ3v) is 4.17. The van der Waals surface area contributed by atoms with E-state index < -0.39 is 11.4 Å². The number of rotatable bonds is 3. The lowest BCUT2D eigenvalue weighted by atomic mass is 9.85. The molecule has 1 aliphatic heterocycles. The SMILES string of the molecule is CC(C)c1c2c(cc(Cl)c1C1(C(=O)O)CC1)OCO2. The van der Waals surface area contributed by atoms with Crippen LogP contribution in [0.4, 0.5) is 0 Å². The van der Waals surface area contributed by atoms with Gasteiger partial charge in [0.15, 0.2) is 11.5 Å². The molecule has 0 bridgehead atoms. The molecule has 5 heteroatoms. The number of benzene rings is 1. The molecule has 19 heavy (non-hydrogen) atoms. The average Bonchev–Trinajstić information content (AvgIpc) is 3.01. The summed E-state index contributed by atoms with van der Waals surface area (Å²) >= 11 is 6.33. The molecule has 1 N–H and O–H groups in total. The molecule has 1 aliphatic carbocycles. The molecule has 0 spiro atoms. The number of hydrogen-bond donors (Lipinski definition) is 1. The molecule has 0 radical (unpaired) electrons. The van der Waals surface area contributed by atoms with Crippen LogP contribution in [0.15, 0.2) is 6.07 Å². The van der Waals surface area contributed by atoms with Crippen molar-refractivity contribution in [3.63, 3.8) is 0 Å². The first-order valence-electron chi connectivity index (χ1n) is 6.33. The highest BCUT2D eigenvalue weighted by molar-refractivity contribution is 6.32. The van der Waals surface area contributed by atoms with Crippen molar-refractivity contribution < 1.29 is 19.4 Å². The van der Waals surface area contributed by atoms with Crippen molar-refractivity contribution in [1.82, 2.24) is 0 Å². The molecule has 0 saturated heterocycles. The van der Waals surface area contributed by atoms with E-state index in [0.717, 1.165) is 5.56 Å². The fourth-order valence-corrected chi connectivity index (χ4v) is 3.15. The topological polar surface area (TPSA) is 55.8 Å². The Kier molecular flexibility index (Phi) is 2.68. The Bertz CT molecular complexity index is 561. The number of carboxylic acid groups (broad SMARTS) is 1. The van der Waals surface area contributed by atoms with Gasteiger partial charge in [0.2, 0.25) is 6.79 Å².